The number of fused-ring (bicyclic) bond motifs is 1. The van der Waals surface area contributed by atoms with Gasteiger partial charge in [0, 0.05) is 34.1 Å². The van der Waals surface area contributed by atoms with Crippen LogP contribution in [0.1, 0.15) is 55.5 Å². The number of hydrogen-bond acceptors (Lipinski definition) is 4. The molecule has 1 unspecified atom stereocenters. The molecule has 0 aliphatic heterocycles. The summed E-state index contributed by atoms with van der Waals surface area (Å²) in [4.78, 5) is 17.8. The van der Waals surface area contributed by atoms with Gasteiger partial charge in [0.05, 0.1) is 7.11 Å². The van der Waals surface area contributed by atoms with Gasteiger partial charge in [-0.1, -0.05) is 19.4 Å². The summed E-state index contributed by atoms with van der Waals surface area (Å²) in [5, 5.41) is 4.36. The van der Waals surface area contributed by atoms with E-state index in [4.69, 9.17) is 4.74 Å². The topological polar surface area (TPSA) is 51.2 Å². The SMILES string of the molecule is CCCCc1c(/C=C/C(=O)NC(C)CCCc2cccnc2)sc2cc(OC)ccc12. The molecule has 0 aliphatic carbocycles. The zero-order valence-electron chi connectivity index (χ0n) is 18.7. The largest absolute Gasteiger partial charge is 0.497 e. The summed E-state index contributed by atoms with van der Waals surface area (Å²) in [6.07, 6.45) is 13.6. The first-order valence-corrected chi connectivity index (χ1v) is 11.9. The number of carbonyl (C=O) groups excluding carboxylic acids is 1. The van der Waals surface area contributed by atoms with Gasteiger partial charge < -0.3 is 10.1 Å². The number of hydrogen-bond donors (Lipinski definition) is 1. The van der Waals surface area contributed by atoms with Crippen LogP contribution in [-0.2, 0) is 17.6 Å². The Hall–Kier alpha value is -2.66. The third-order valence-corrected chi connectivity index (χ3v) is 6.57. The van der Waals surface area contributed by atoms with Crippen molar-refractivity contribution < 1.29 is 9.53 Å². The minimum absolute atomic E-state index is 0.0367. The van der Waals surface area contributed by atoms with Crippen molar-refractivity contribution in [3.05, 3.63) is 64.8 Å². The van der Waals surface area contributed by atoms with Gasteiger partial charge >= 0.3 is 0 Å². The van der Waals surface area contributed by atoms with E-state index in [1.807, 2.05) is 24.4 Å². The molecule has 1 aromatic carbocycles. The highest BCUT2D eigenvalue weighted by atomic mass is 32.1. The summed E-state index contributed by atoms with van der Waals surface area (Å²) >= 11 is 1.72. The molecule has 2 aromatic heterocycles. The van der Waals surface area contributed by atoms with Crippen LogP contribution < -0.4 is 10.1 Å². The standard InChI is InChI=1S/C26H32N2O2S/c1-4-5-11-22-23-13-12-21(30-3)17-25(23)31-24(22)14-15-26(29)28-19(2)8-6-9-20-10-7-16-27-18-20/h7,10,12-19H,4-6,8-9,11H2,1-3H3,(H,28,29)/b15-14+. The van der Waals surface area contributed by atoms with Crippen LogP contribution in [-0.4, -0.2) is 24.0 Å². The summed E-state index contributed by atoms with van der Waals surface area (Å²) in [6, 6.07) is 10.4. The molecule has 1 amide bonds. The number of carbonyl (C=O) groups is 1. The van der Waals surface area contributed by atoms with E-state index in [2.05, 4.69) is 42.3 Å². The van der Waals surface area contributed by atoms with Crippen LogP contribution in [0.3, 0.4) is 0 Å². The quantitative estimate of drug-likeness (QED) is 0.365. The molecule has 0 saturated heterocycles. The smallest absolute Gasteiger partial charge is 0.244 e. The monoisotopic (exact) mass is 436 g/mol. The summed E-state index contributed by atoms with van der Waals surface area (Å²) in [6.45, 7) is 4.27. The Kier molecular flexibility index (Phi) is 8.65. The molecule has 0 spiro atoms. The second kappa shape index (κ2) is 11.7. The van der Waals surface area contributed by atoms with Gasteiger partial charge in [-0.25, -0.2) is 0 Å². The molecule has 0 saturated carbocycles. The molecule has 0 bridgehead atoms. The van der Waals surface area contributed by atoms with Crippen molar-refractivity contribution in [2.45, 2.75) is 58.4 Å². The minimum Gasteiger partial charge on any atom is -0.497 e. The molecule has 164 valence electrons. The number of methoxy groups -OCH3 is 1. The molecule has 0 radical (unpaired) electrons. The second-order valence-electron chi connectivity index (χ2n) is 7.91. The molecule has 0 aliphatic rings. The summed E-state index contributed by atoms with van der Waals surface area (Å²) < 4.78 is 6.58. The first kappa shape index (κ1) is 23.0. The number of ether oxygens (including phenoxy) is 1. The van der Waals surface area contributed by atoms with Crippen LogP contribution in [0.2, 0.25) is 0 Å². The van der Waals surface area contributed by atoms with E-state index in [1.54, 1.807) is 30.7 Å². The molecule has 3 rings (SSSR count). The number of nitrogens with zero attached hydrogens (tertiary/aromatic N) is 1. The first-order valence-electron chi connectivity index (χ1n) is 11.1. The van der Waals surface area contributed by atoms with Crippen LogP contribution in [0.4, 0.5) is 0 Å². The summed E-state index contributed by atoms with van der Waals surface area (Å²) in [5.41, 5.74) is 2.57. The highest BCUT2D eigenvalue weighted by molar-refractivity contribution is 7.20. The number of pyridine rings is 1. The van der Waals surface area contributed by atoms with Crippen LogP contribution in [0.25, 0.3) is 16.2 Å². The Morgan fingerprint density at radius 2 is 2.13 bits per heavy atom. The predicted octanol–water partition coefficient (Wildman–Crippen LogP) is 6.19. The maximum Gasteiger partial charge on any atom is 0.244 e. The Morgan fingerprint density at radius 1 is 1.26 bits per heavy atom. The number of rotatable bonds is 11. The number of aryl methyl sites for hydroxylation is 2. The molecular weight excluding hydrogens is 404 g/mol. The van der Waals surface area contributed by atoms with Gasteiger partial charge in [-0.2, -0.15) is 0 Å². The van der Waals surface area contributed by atoms with E-state index < -0.39 is 0 Å². The number of nitrogens with one attached hydrogen (secondary N) is 1. The molecule has 3 aromatic rings. The van der Waals surface area contributed by atoms with Crippen molar-refractivity contribution in [2.24, 2.45) is 0 Å². The van der Waals surface area contributed by atoms with Crippen LogP contribution >= 0.6 is 11.3 Å². The Morgan fingerprint density at radius 3 is 2.87 bits per heavy atom. The second-order valence-corrected chi connectivity index (χ2v) is 8.99. The van der Waals surface area contributed by atoms with Gasteiger partial charge in [0.2, 0.25) is 5.91 Å². The van der Waals surface area contributed by atoms with Gasteiger partial charge in [0.25, 0.3) is 0 Å². The van der Waals surface area contributed by atoms with Gasteiger partial charge in [-0.15, -0.1) is 11.3 Å². The minimum atomic E-state index is -0.0367. The summed E-state index contributed by atoms with van der Waals surface area (Å²) in [5.74, 6) is 0.828. The number of amides is 1. The van der Waals surface area contributed by atoms with Gasteiger partial charge in [-0.3, -0.25) is 9.78 Å². The molecular formula is C26H32N2O2S. The summed E-state index contributed by atoms with van der Waals surface area (Å²) in [7, 11) is 1.69. The first-order chi connectivity index (χ1) is 15.1. The van der Waals surface area contributed by atoms with E-state index >= 15 is 0 Å². The maximum absolute atomic E-state index is 12.5. The average Bonchev–Trinajstić information content (AvgIpc) is 3.13. The molecule has 4 nitrogen and oxygen atoms in total. The molecule has 31 heavy (non-hydrogen) atoms. The molecule has 1 atom stereocenters. The van der Waals surface area contributed by atoms with Crippen molar-refractivity contribution in [2.75, 3.05) is 7.11 Å². The Bertz CT molecular complexity index is 1010. The molecule has 5 heteroatoms. The fourth-order valence-electron chi connectivity index (χ4n) is 3.70. The lowest BCUT2D eigenvalue weighted by atomic mass is 10.0. The van der Waals surface area contributed by atoms with E-state index in [1.165, 1.54) is 21.2 Å². The van der Waals surface area contributed by atoms with Gasteiger partial charge in [-0.05, 0) is 85.9 Å². The number of thiophene rings is 1. The van der Waals surface area contributed by atoms with Crippen molar-refractivity contribution in [3.63, 3.8) is 0 Å². The third-order valence-electron chi connectivity index (χ3n) is 5.41. The van der Waals surface area contributed by atoms with E-state index in [0.29, 0.717) is 0 Å². The normalized spacial score (nSPS) is 12.4. The fraction of sp³-hybridized carbons (Fsp3) is 0.385. The molecule has 0 fully saturated rings. The lowest BCUT2D eigenvalue weighted by molar-refractivity contribution is -0.117. The molecule has 2 heterocycles. The zero-order valence-corrected chi connectivity index (χ0v) is 19.5. The van der Waals surface area contributed by atoms with Crippen molar-refractivity contribution in [1.29, 1.82) is 0 Å². The maximum atomic E-state index is 12.5. The number of unbranched alkanes of at least 4 members (excludes halogenated alkanes) is 1. The van der Waals surface area contributed by atoms with Crippen molar-refractivity contribution in [3.8, 4) is 5.75 Å². The highest BCUT2D eigenvalue weighted by Crippen LogP contribution is 2.35. The number of aromatic nitrogens is 1. The zero-order chi connectivity index (χ0) is 22.1. The van der Waals surface area contributed by atoms with Crippen LogP contribution in [0.15, 0.2) is 48.8 Å². The van der Waals surface area contributed by atoms with Crippen LogP contribution in [0, 0.1) is 0 Å². The highest BCUT2D eigenvalue weighted by Gasteiger charge is 2.12. The Labute approximate surface area is 189 Å². The van der Waals surface area contributed by atoms with Crippen LogP contribution in [0.5, 0.6) is 5.75 Å². The van der Waals surface area contributed by atoms with E-state index in [0.717, 1.165) is 49.2 Å². The van der Waals surface area contributed by atoms with E-state index in [-0.39, 0.29) is 11.9 Å². The average molecular weight is 437 g/mol. The molecule has 1 N–H and O–H groups in total. The third kappa shape index (κ3) is 6.66. The fourth-order valence-corrected chi connectivity index (χ4v) is 4.88. The van der Waals surface area contributed by atoms with Gasteiger partial charge in [0.1, 0.15) is 5.75 Å². The van der Waals surface area contributed by atoms with Crippen molar-refractivity contribution >= 4 is 33.4 Å². The van der Waals surface area contributed by atoms with Gasteiger partial charge in [0.15, 0.2) is 0 Å². The lowest BCUT2D eigenvalue weighted by Gasteiger charge is -2.12. The lowest BCUT2D eigenvalue weighted by Crippen LogP contribution is -2.31. The van der Waals surface area contributed by atoms with E-state index in [9.17, 15) is 4.79 Å². The van der Waals surface area contributed by atoms with Crippen molar-refractivity contribution in [1.82, 2.24) is 10.3 Å². The number of benzene rings is 1. The Balaban J connectivity index is 1.60. The predicted molar refractivity (Wildman–Crippen MR) is 131 cm³/mol.